The first-order valence-corrected chi connectivity index (χ1v) is 10.7. The molecule has 2 aliphatic heterocycles. The number of anilines is 1. The van der Waals surface area contributed by atoms with Gasteiger partial charge in [-0.2, -0.15) is 0 Å². The summed E-state index contributed by atoms with van der Waals surface area (Å²) in [5.41, 5.74) is 2.23. The summed E-state index contributed by atoms with van der Waals surface area (Å²) in [5.74, 6) is -0.230. The van der Waals surface area contributed by atoms with Gasteiger partial charge in [0.1, 0.15) is 0 Å². The van der Waals surface area contributed by atoms with Gasteiger partial charge >= 0.3 is 0 Å². The molecule has 4 heterocycles. The Kier molecular flexibility index (Phi) is 5.80. The van der Waals surface area contributed by atoms with Crippen LogP contribution in [-0.2, 0) is 6.54 Å². The predicted molar refractivity (Wildman–Crippen MR) is 105 cm³/mol. The number of rotatable bonds is 5. The zero-order chi connectivity index (χ0) is 18.6. The van der Waals surface area contributed by atoms with Crippen molar-refractivity contribution >= 4 is 22.4 Å². The number of piperidine rings is 2. The van der Waals surface area contributed by atoms with Crippen LogP contribution in [0.25, 0.3) is 0 Å². The van der Waals surface area contributed by atoms with E-state index in [-0.39, 0.29) is 5.91 Å². The van der Waals surface area contributed by atoms with Gasteiger partial charge in [-0.25, -0.2) is 9.67 Å². The van der Waals surface area contributed by atoms with Crippen molar-refractivity contribution in [2.24, 2.45) is 0 Å². The fourth-order valence-electron chi connectivity index (χ4n) is 3.89. The molecular formula is C18H27N7OS. The molecule has 27 heavy (non-hydrogen) atoms. The first-order chi connectivity index (χ1) is 13.2. The summed E-state index contributed by atoms with van der Waals surface area (Å²) in [6, 6.07) is 0.316. The maximum atomic E-state index is 12.6. The SMILES string of the molecule is Cc1c(C(=O)Nc2nc(CN3CCCCC3)cs2)nnn1C1CCNCC1. The molecule has 2 aromatic rings. The van der Waals surface area contributed by atoms with E-state index in [4.69, 9.17) is 0 Å². The molecule has 8 nitrogen and oxygen atoms in total. The maximum Gasteiger partial charge on any atom is 0.279 e. The van der Waals surface area contributed by atoms with Crippen LogP contribution in [0.2, 0.25) is 0 Å². The van der Waals surface area contributed by atoms with Gasteiger partial charge in [0.05, 0.1) is 17.4 Å². The molecule has 2 fully saturated rings. The molecule has 0 aliphatic carbocycles. The molecule has 0 atom stereocenters. The van der Waals surface area contributed by atoms with E-state index in [1.807, 2.05) is 17.0 Å². The van der Waals surface area contributed by atoms with Crippen LogP contribution >= 0.6 is 11.3 Å². The van der Waals surface area contributed by atoms with Crippen molar-refractivity contribution < 1.29 is 4.79 Å². The first-order valence-electron chi connectivity index (χ1n) is 9.81. The van der Waals surface area contributed by atoms with Crippen LogP contribution in [0.5, 0.6) is 0 Å². The Balaban J connectivity index is 1.38. The highest BCUT2D eigenvalue weighted by Crippen LogP contribution is 2.22. The van der Waals surface area contributed by atoms with Crippen molar-refractivity contribution in [3.63, 3.8) is 0 Å². The number of carbonyl (C=O) groups excluding carboxylic acids is 1. The topological polar surface area (TPSA) is 88.0 Å². The molecule has 0 bridgehead atoms. The fourth-order valence-corrected chi connectivity index (χ4v) is 4.59. The van der Waals surface area contributed by atoms with Crippen molar-refractivity contribution in [2.45, 2.75) is 51.6 Å². The van der Waals surface area contributed by atoms with Crippen molar-refractivity contribution in [3.8, 4) is 0 Å². The Bertz CT molecular complexity index is 775. The van der Waals surface area contributed by atoms with Crippen LogP contribution in [0.3, 0.4) is 0 Å². The number of nitrogens with one attached hydrogen (secondary N) is 2. The number of hydrogen-bond donors (Lipinski definition) is 2. The van der Waals surface area contributed by atoms with Crippen LogP contribution in [-0.4, -0.2) is 57.0 Å². The summed E-state index contributed by atoms with van der Waals surface area (Å²) in [7, 11) is 0. The molecule has 0 spiro atoms. The van der Waals surface area contributed by atoms with Gasteiger partial charge in [-0.1, -0.05) is 11.6 Å². The second-order valence-electron chi connectivity index (χ2n) is 7.38. The number of nitrogens with zero attached hydrogens (tertiary/aromatic N) is 5. The summed E-state index contributed by atoms with van der Waals surface area (Å²) in [6.07, 6.45) is 5.88. The standard InChI is InChI=1S/C18H27N7OS/c1-13-16(22-23-25(13)15-5-7-19-8-6-15)17(26)21-18-20-14(12-27-18)11-24-9-3-2-4-10-24/h12,15,19H,2-11H2,1H3,(H,20,21,26). The Labute approximate surface area is 163 Å². The van der Waals surface area contributed by atoms with E-state index >= 15 is 0 Å². The van der Waals surface area contributed by atoms with Gasteiger partial charge in [0.25, 0.3) is 5.91 Å². The Hall–Kier alpha value is -1.84. The summed E-state index contributed by atoms with van der Waals surface area (Å²) in [4.78, 5) is 19.7. The minimum atomic E-state index is -0.230. The molecule has 1 amide bonds. The molecule has 0 saturated carbocycles. The maximum absolute atomic E-state index is 12.6. The molecule has 4 rings (SSSR count). The van der Waals surface area contributed by atoms with Gasteiger partial charge in [-0.05, 0) is 58.8 Å². The number of thiazole rings is 1. The number of hydrogen-bond acceptors (Lipinski definition) is 7. The normalized spacial score (nSPS) is 19.3. The molecule has 2 N–H and O–H groups in total. The van der Waals surface area contributed by atoms with E-state index in [0.717, 1.165) is 57.0 Å². The van der Waals surface area contributed by atoms with Crippen LogP contribution in [0.15, 0.2) is 5.38 Å². The molecule has 2 aliphatic rings. The number of carbonyl (C=O) groups is 1. The summed E-state index contributed by atoms with van der Waals surface area (Å²) in [5, 5.41) is 17.3. The van der Waals surface area contributed by atoms with Crippen LogP contribution in [0, 0.1) is 6.92 Å². The molecule has 2 saturated heterocycles. The van der Waals surface area contributed by atoms with Crippen LogP contribution in [0.1, 0.15) is 60.0 Å². The summed E-state index contributed by atoms with van der Waals surface area (Å²) >= 11 is 1.47. The first kappa shape index (κ1) is 18.5. The number of aromatic nitrogens is 4. The third kappa shape index (κ3) is 4.36. The van der Waals surface area contributed by atoms with E-state index in [9.17, 15) is 4.79 Å². The number of likely N-dealkylation sites (tertiary alicyclic amines) is 1. The van der Waals surface area contributed by atoms with Crippen molar-refractivity contribution in [2.75, 3.05) is 31.5 Å². The van der Waals surface area contributed by atoms with E-state index in [1.54, 1.807) is 0 Å². The van der Waals surface area contributed by atoms with Gasteiger partial charge < -0.3 is 5.32 Å². The van der Waals surface area contributed by atoms with Crippen LogP contribution in [0.4, 0.5) is 5.13 Å². The minimum Gasteiger partial charge on any atom is -0.317 e. The van der Waals surface area contributed by atoms with Crippen molar-refractivity contribution in [1.29, 1.82) is 0 Å². The molecule has 0 aromatic carbocycles. The monoisotopic (exact) mass is 389 g/mol. The number of amides is 1. The van der Waals surface area contributed by atoms with Crippen molar-refractivity contribution in [3.05, 3.63) is 22.5 Å². The van der Waals surface area contributed by atoms with Crippen molar-refractivity contribution in [1.82, 2.24) is 30.2 Å². The Morgan fingerprint density at radius 1 is 1.30 bits per heavy atom. The van der Waals surface area contributed by atoms with Gasteiger partial charge in [0.2, 0.25) is 0 Å². The smallest absolute Gasteiger partial charge is 0.279 e. The minimum absolute atomic E-state index is 0.230. The lowest BCUT2D eigenvalue weighted by Crippen LogP contribution is -2.30. The molecule has 9 heteroatoms. The summed E-state index contributed by atoms with van der Waals surface area (Å²) < 4.78 is 1.90. The quantitative estimate of drug-likeness (QED) is 0.815. The van der Waals surface area contributed by atoms with Gasteiger partial charge in [-0.15, -0.1) is 16.4 Å². The van der Waals surface area contributed by atoms with E-state index < -0.39 is 0 Å². The second-order valence-corrected chi connectivity index (χ2v) is 8.24. The second kappa shape index (κ2) is 8.45. The molecule has 0 unspecified atom stereocenters. The average Bonchev–Trinajstić information content (AvgIpc) is 3.29. The largest absolute Gasteiger partial charge is 0.317 e. The Morgan fingerprint density at radius 2 is 2.07 bits per heavy atom. The third-order valence-electron chi connectivity index (χ3n) is 5.40. The average molecular weight is 390 g/mol. The highest BCUT2D eigenvalue weighted by atomic mass is 32.1. The van der Waals surface area contributed by atoms with Gasteiger partial charge in [-0.3, -0.25) is 15.0 Å². The lowest BCUT2D eigenvalue weighted by molar-refractivity contribution is 0.102. The van der Waals surface area contributed by atoms with E-state index in [2.05, 4.69) is 30.8 Å². The summed E-state index contributed by atoms with van der Waals surface area (Å²) in [6.45, 7) is 7.00. The zero-order valence-electron chi connectivity index (χ0n) is 15.8. The highest BCUT2D eigenvalue weighted by Gasteiger charge is 2.23. The predicted octanol–water partition coefficient (Wildman–Crippen LogP) is 2.21. The third-order valence-corrected chi connectivity index (χ3v) is 6.21. The van der Waals surface area contributed by atoms with E-state index in [0.29, 0.717) is 16.9 Å². The molecule has 2 aromatic heterocycles. The fraction of sp³-hybridized carbons (Fsp3) is 0.667. The molecular weight excluding hydrogens is 362 g/mol. The van der Waals surface area contributed by atoms with E-state index in [1.165, 1.54) is 30.6 Å². The molecule has 146 valence electrons. The lowest BCUT2D eigenvalue weighted by Gasteiger charge is -2.25. The van der Waals surface area contributed by atoms with Crippen LogP contribution < -0.4 is 10.6 Å². The zero-order valence-corrected chi connectivity index (χ0v) is 16.6. The highest BCUT2D eigenvalue weighted by molar-refractivity contribution is 7.13. The Morgan fingerprint density at radius 3 is 2.85 bits per heavy atom. The lowest BCUT2D eigenvalue weighted by atomic mass is 10.1. The van der Waals surface area contributed by atoms with Gasteiger partial charge in [0, 0.05) is 11.9 Å². The molecule has 0 radical (unpaired) electrons. The van der Waals surface area contributed by atoms with Gasteiger partial charge in [0.15, 0.2) is 10.8 Å².